The van der Waals surface area contributed by atoms with E-state index in [0.29, 0.717) is 10.8 Å². The molecule has 2 amide bonds. The van der Waals surface area contributed by atoms with Crippen molar-refractivity contribution >= 4 is 44.7 Å². The minimum atomic E-state index is -5.01. The van der Waals surface area contributed by atoms with Gasteiger partial charge in [0.05, 0.1) is 11.1 Å². The van der Waals surface area contributed by atoms with E-state index in [9.17, 15) is 18.0 Å². The van der Waals surface area contributed by atoms with Gasteiger partial charge in [-0.25, -0.2) is 0 Å². The number of rotatable bonds is 4. The molecule has 138 valence electrons. The molecule has 2 aromatic rings. The van der Waals surface area contributed by atoms with Crippen molar-refractivity contribution < 1.29 is 26.8 Å². The molecule has 2 aromatic carbocycles. The Kier molecular flexibility index (Phi) is 5.87. The molecule has 0 unspecified atom stereocenters. The molecule has 0 bridgehead atoms. The summed E-state index contributed by atoms with van der Waals surface area (Å²) >= 11 is 1.53. The van der Waals surface area contributed by atoms with Gasteiger partial charge in [-0.3, -0.25) is 14.1 Å². The number of hydrogen-bond acceptors (Lipinski definition) is 6. The highest BCUT2D eigenvalue weighted by atomic mass is 32.3. The van der Waals surface area contributed by atoms with Crippen LogP contribution in [0.15, 0.2) is 48.4 Å². The van der Waals surface area contributed by atoms with E-state index in [1.165, 1.54) is 17.8 Å². The van der Waals surface area contributed by atoms with Gasteiger partial charge in [-0.2, -0.15) is 8.42 Å². The highest BCUT2D eigenvalue weighted by molar-refractivity contribution is 7.99. The number of carbonyl (C=O) groups is 2. The van der Waals surface area contributed by atoms with Crippen LogP contribution in [0.1, 0.15) is 34.6 Å². The smallest absolute Gasteiger partial charge is 0.266 e. The highest BCUT2D eigenvalue weighted by Crippen LogP contribution is 2.35. The van der Waals surface area contributed by atoms with Crippen molar-refractivity contribution in [1.29, 1.82) is 0 Å². The van der Waals surface area contributed by atoms with Crippen LogP contribution in [-0.2, 0) is 14.7 Å². The molecule has 0 saturated carbocycles. The van der Waals surface area contributed by atoms with Gasteiger partial charge in [0.15, 0.2) is 0 Å². The normalized spacial score (nSPS) is 13.8. The lowest BCUT2D eigenvalue weighted by Crippen LogP contribution is -2.41. The number of carbonyl (C=O) groups excluding carboxylic acids is 2. The molecule has 0 aliphatic carbocycles. The summed E-state index contributed by atoms with van der Waals surface area (Å²) in [4.78, 5) is 25.7. The lowest BCUT2D eigenvalue weighted by Gasteiger charge is -2.25. The first kappa shape index (κ1) is 20.1. The maximum Gasteiger partial charge on any atom is 0.419 e. The first-order chi connectivity index (χ1) is 12.2. The Morgan fingerprint density at radius 2 is 1.73 bits per heavy atom. The predicted octanol–water partition coefficient (Wildman–Crippen LogP) is 3.47. The van der Waals surface area contributed by atoms with Crippen LogP contribution in [0.25, 0.3) is 10.8 Å². The van der Waals surface area contributed by atoms with Gasteiger partial charge in [0, 0.05) is 15.5 Å². The van der Waals surface area contributed by atoms with Crippen molar-refractivity contribution in [2.75, 3.05) is 0 Å². The molecular formula is C17H17NO6S2. The number of thioether (sulfide) groups is 1. The third kappa shape index (κ3) is 3.96. The molecular weight excluding hydrogens is 378 g/mol. The molecule has 0 fully saturated rings. The second-order valence-electron chi connectivity index (χ2n) is 5.45. The van der Waals surface area contributed by atoms with E-state index < -0.39 is 22.2 Å². The fourth-order valence-electron chi connectivity index (χ4n) is 2.56. The SMILES string of the molecule is C=C.CC(C)Sc1cc2c3c(cccc3c1)C(=O)N(OS(=O)(=O)O)C2=O. The Morgan fingerprint density at radius 3 is 2.31 bits per heavy atom. The van der Waals surface area contributed by atoms with Gasteiger partial charge >= 0.3 is 10.4 Å². The Labute approximate surface area is 155 Å². The van der Waals surface area contributed by atoms with Gasteiger partial charge in [-0.15, -0.1) is 34.3 Å². The number of imide groups is 1. The Bertz CT molecular complexity index is 984. The van der Waals surface area contributed by atoms with Gasteiger partial charge in [-0.1, -0.05) is 26.0 Å². The van der Waals surface area contributed by atoms with Crippen molar-refractivity contribution in [3.05, 3.63) is 54.6 Å². The van der Waals surface area contributed by atoms with E-state index in [4.69, 9.17) is 4.55 Å². The van der Waals surface area contributed by atoms with Gasteiger partial charge < -0.3 is 0 Å². The van der Waals surface area contributed by atoms with E-state index in [1.54, 1.807) is 18.2 Å². The lowest BCUT2D eigenvalue weighted by molar-refractivity contribution is -0.0217. The summed E-state index contributed by atoms with van der Waals surface area (Å²) in [6, 6.07) is 8.33. The standard InChI is InChI=1S/C15H13NO6S2.C2H4/c1-8(2)23-10-6-9-4-3-5-11-13(9)12(7-10)15(18)16(14(11)17)22-24(19,20)21;1-2/h3-8H,1-2H3,(H,19,20,21);1-2H2. The van der Waals surface area contributed by atoms with Gasteiger partial charge in [0.2, 0.25) is 0 Å². The van der Waals surface area contributed by atoms with Crippen LogP contribution in [0.5, 0.6) is 0 Å². The molecule has 26 heavy (non-hydrogen) atoms. The Hall–Kier alpha value is -2.20. The van der Waals surface area contributed by atoms with Gasteiger partial charge in [0.1, 0.15) is 0 Å². The van der Waals surface area contributed by atoms with Gasteiger partial charge in [0.25, 0.3) is 11.8 Å². The number of hydrogen-bond donors (Lipinski definition) is 1. The zero-order chi connectivity index (χ0) is 19.6. The summed E-state index contributed by atoms with van der Waals surface area (Å²) in [5, 5.41) is 1.47. The monoisotopic (exact) mass is 395 g/mol. The van der Waals surface area contributed by atoms with Crippen LogP contribution in [-0.4, -0.2) is 35.1 Å². The topological polar surface area (TPSA) is 101 Å². The van der Waals surface area contributed by atoms with E-state index in [-0.39, 0.29) is 21.4 Å². The fraction of sp³-hybridized carbons (Fsp3) is 0.176. The summed E-state index contributed by atoms with van der Waals surface area (Å²) in [5.41, 5.74) is 0.279. The van der Waals surface area contributed by atoms with Crippen LogP contribution in [0.3, 0.4) is 0 Å². The van der Waals surface area contributed by atoms with Crippen LogP contribution < -0.4 is 0 Å². The molecule has 1 N–H and O–H groups in total. The van der Waals surface area contributed by atoms with Crippen molar-refractivity contribution in [1.82, 2.24) is 5.06 Å². The first-order valence-corrected chi connectivity index (χ1v) is 9.71. The van der Waals surface area contributed by atoms with Crippen molar-refractivity contribution in [2.24, 2.45) is 0 Å². The van der Waals surface area contributed by atoms with E-state index >= 15 is 0 Å². The summed E-state index contributed by atoms with van der Waals surface area (Å²) in [5.74, 6) is -1.88. The van der Waals surface area contributed by atoms with Crippen LogP contribution >= 0.6 is 11.8 Å². The molecule has 1 aliphatic rings. The second-order valence-corrected chi connectivity index (χ2v) is 8.10. The van der Waals surface area contributed by atoms with Gasteiger partial charge in [-0.05, 0) is 23.6 Å². The summed E-state index contributed by atoms with van der Waals surface area (Å²) in [6.07, 6.45) is 0. The third-order valence-electron chi connectivity index (χ3n) is 3.32. The van der Waals surface area contributed by atoms with E-state index in [1.807, 2.05) is 19.9 Å². The molecule has 9 heteroatoms. The maximum absolute atomic E-state index is 12.5. The maximum atomic E-state index is 12.5. The second kappa shape index (κ2) is 7.58. The average molecular weight is 395 g/mol. The molecule has 0 saturated heterocycles. The first-order valence-electron chi connectivity index (χ1n) is 7.46. The number of hydroxylamine groups is 2. The molecule has 0 aromatic heterocycles. The minimum Gasteiger partial charge on any atom is -0.266 e. The van der Waals surface area contributed by atoms with E-state index in [2.05, 4.69) is 17.4 Å². The molecule has 0 radical (unpaired) electrons. The molecule has 1 aliphatic heterocycles. The van der Waals surface area contributed by atoms with Crippen LogP contribution in [0.2, 0.25) is 0 Å². The number of benzene rings is 2. The number of amides is 2. The highest BCUT2D eigenvalue weighted by Gasteiger charge is 2.37. The summed E-state index contributed by atoms with van der Waals surface area (Å²) in [7, 11) is -5.01. The summed E-state index contributed by atoms with van der Waals surface area (Å²) < 4.78 is 34.9. The van der Waals surface area contributed by atoms with Crippen molar-refractivity contribution in [3.63, 3.8) is 0 Å². The molecule has 0 spiro atoms. The Morgan fingerprint density at radius 1 is 1.12 bits per heavy atom. The zero-order valence-electron chi connectivity index (χ0n) is 14.1. The van der Waals surface area contributed by atoms with Crippen LogP contribution in [0, 0.1) is 0 Å². The van der Waals surface area contributed by atoms with E-state index in [0.717, 1.165) is 4.90 Å². The minimum absolute atomic E-state index is 0.0657. The molecule has 0 atom stereocenters. The zero-order valence-corrected chi connectivity index (χ0v) is 15.8. The molecule has 3 rings (SSSR count). The van der Waals surface area contributed by atoms with Crippen molar-refractivity contribution in [3.8, 4) is 0 Å². The number of nitrogens with zero attached hydrogens (tertiary/aromatic N) is 1. The van der Waals surface area contributed by atoms with Crippen LogP contribution in [0.4, 0.5) is 0 Å². The molecule has 7 nitrogen and oxygen atoms in total. The fourth-order valence-corrected chi connectivity index (χ4v) is 3.81. The quantitative estimate of drug-likeness (QED) is 0.366. The lowest BCUT2D eigenvalue weighted by atomic mass is 9.95. The summed E-state index contributed by atoms with van der Waals surface area (Å²) in [6.45, 7) is 9.99. The molecule has 1 heterocycles. The predicted molar refractivity (Wildman–Crippen MR) is 99.3 cm³/mol. The largest absolute Gasteiger partial charge is 0.419 e. The van der Waals surface area contributed by atoms with Crippen molar-refractivity contribution in [2.45, 2.75) is 24.0 Å². The average Bonchev–Trinajstić information content (AvgIpc) is 2.56. The third-order valence-corrected chi connectivity index (χ3v) is 4.64. The Balaban J connectivity index is 0.00000117.